The highest BCUT2D eigenvalue weighted by molar-refractivity contribution is 5.89. The Morgan fingerprint density at radius 3 is 2.24 bits per heavy atom. The second kappa shape index (κ2) is 9.03. The van der Waals surface area contributed by atoms with Crippen LogP contribution in [0.4, 0.5) is 10.5 Å². The summed E-state index contributed by atoms with van der Waals surface area (Å²) in [4.78, 5) is 19.8. The number of hydrogen-bond acceptors (Lipinski definition) is 3. The van der Waals surface area contributed by atoms with Gasteiger partial charge >= 0.3 is 6.03 Å². The van der Waals surface area contributed by atoms with Gasteiger partial charge in [0.2, 0.25) is 0 Å². The summed E-state index contributed by atoms with van der Waals surface area (Å²) < 4.78 is 0. The van der Waals surface area contributed by atoms with Crippen LogP contribution in [0.15, 0.2) is 78.9 Å². The normalized spacial score (nSPS) is 10.8. The molecular formula is C23H23N5O. The zero-order chi connectivity index (χ0) is 19.9. The molecule has 1 aromatic heterocycles. The zero-order valence-electron chi connectivity index (χ0n) is 16.0. The second-order valence-corrected chi connectivity index (χ2v) is 6.79. The van der Waals surface area contributed by atoms with Crippen LogP contribution >= 0.6 is 0 Å². The first-order valence-corrected chi connectivity index (χ1v) is 9.58. The lowest BCUT2D eigenvalue weighted by molar-refractivity contribution is 0.251. The molecular weight excluding hydrogens is 362 g/mol. The molecule has 0 spiro atoms. The van der Waals surface area contributed by atoms with Gasteiger partial charge in [0.1, 0.15) is 5.82 Å². The quantitative estimate of drug-likeness (QED) is 0.385. The van der Waals surface area contributed by atoms with Gasteiger partial charge in [0, 0.05) is 18.8 Å². The van der Waals surface area contributed by atoms with Gasteiger partial charge in [-0.25, -0.2) is 9.78 Å². The molecule has 2 amide bonds. The van der Waals surface area contributed by atoms with Crippen molar-refractivity contribution < 1.29 is 4.79 Å². The molecule has 0 radical (unpaired) electrons. The highest BCUT2D eigenvalue weighted by atomic mass is 16.2. The van der Waals surface area contributed by atoms with Gasteiger partial charge < -0.3 is 20.9 Å². The van der Waals surface area contributed by atoms with Crippen molar-refractivity contribution in [2.24, 2.45) is 0 Å². The number of urea groups is 1. The largest absolute Gasteiger partial charge is 0.340 e. The minimum atomic E-state index is -0.264. The maximum Gasteiger partial charge on any atom is 0.319 e. The molecule has 29 heavy (non-hydrogen) atoms. The number of H-pyrrole nitrogens is 1. The number of carbonyl (C=O) groups is 1. The van der Waals surface area contributed by atoms with Gasteiger partial charge in [0.05, 0.1) is 17.6 Å². The summed E-state index contributed by atoms with van der Waals surface area (Å²) in [5.74, 6) is 0.723. The van der Waals surface area contributed by atoms with Crippen molar-refractivity contribution in [2.75, 3.05) is 5.32 Å². The van der Waals surface area contributed by atoms with Crippen molar-refractivity contribution >= 4 is 22.8 Å². The van der Waals surface area contributed by atoms with Crippen LogP contribution in [0.2, 0.25) is 0 Å². The van der Waals surface area contributed by atoms with Crippen molar-refractivity contribution in [3.63, 3.8) is 0 Å². The summed E-state index contributed by atoms with van der Waals surface area (Å²) in [5.41, 5.74) is 5.02. The number of amides is 2. The van der Waals surface area contributed by atoms with E-state index < -0.39 is 0 Å². The number of nitrogens with one attached hydrogen (secondary N) is 4. The lowest BCUT2D eigenvalue weighted by atomic mass is 10.2. The molecule has 0 aliphatic rings. The van der Waals surface area contributed by atoms with Crippen molar-refractivity contribution in [1.82, 2.24) is 20.6 Å². The Balaban J connectivity index is 1.23. The van der Waals surface area contributed by atoms with Gasteiger partial charge in [-0.15, -0.1) is 0 Å². The fourth-order valence-electron chi connectivity index (χ4n) is 3.08. The molecule has 1 heterocycles. The van der Waals surface area contributed by atoms with Crippen LogP contribution in [0, 0.1) is 0 Å². The molecule has 4 N–H and O–H groups in total. The minimum absolute atomic E-state index is 0.264. The van der Waals surface area contributed by atoms with Gasteiger partial charge in [0.15, 0.2) is 0 Å². The Kier molecular flexibility index (Phi) is 5.83. The number of fused-ring (bicyclic) bond motifs is 1. The lowest BCUT2D eigenvalue weighted by Crippen LogP contribution is -2.28. The molecule has 146 valence electrons. The third kappa shape index (κ3) is 5.21. The van der Waals surface area contributed by atoms with E-state index in [9.17, 15) is 4.79 Å². The average Bonchev–Trinajstić information content (AvgIpc) is 3.17. The number of anilines is 1. The van der Waals surface area contributed by atoms with Crippen LogP contribution < -0.4 is 16.0 Å². The van der Waals surface area contributed by atoms with E-state index in [-0.39, 0.29) is 6.03 Å². The lowest BCUT2D eigenvalue weighted by Gasteiger charge is -2.08. The predicted octanol–water partition coefficient (Wildman–Crippen LogP) is 4.17. The Morgan fingerprint density at radius 1 is 0.793 bits per heavy atom. The van der Waals surface area contributed by atoms with Gasteiger partial charge in [-0.3, -0.25) is 0 Å². The van der Waals surface area contributed by atoms with Gasteiger partial charge in [-0.1, -0.05) is 54.6 Å². The van der Waals surface area contributed by atoms with Gasteiger partial charge in [0.25, 0.3) is 0 Å². The van der Waals surface area contributed by atoms with E-state index in [0.29, 0.717) is 6.54 Å². The van der Waals surface area contributed by atoms with Crippen LogP contribution in [0.5, 0.6) is 0 Å². The fourth-order valence-corrected chi connectivity index (χ4v) is 3.08. The average molecular weight is 385 g/mol. The van der Waals surface area contributed by atoms with Crippen molar-refractivity contribution in [2.45, 2.75) is 19.6 Å². The maximum absolute atomic E-state index is 12.1. The first-order chi connectivity index (χ1) is 14.3. The number of imidazole rings is 1. The SMILES string of the molecule is O=C(NCc1nc2ccccc2[nH]1)Nc1ccc(CNCc2ccccc2)cc1. The smallest absolute Gasteiger partial charge is 0.319 e. The summed E-state index contributed by atoms with van der Waals surface area (Å²) in [5, 5.41) is 9.08. The van der Waals surface area contributed by atoms with Crippen LogP contribution in [0.25, 0.3) is 11.0 Å². The highest BCUT2D eigenvalue weighted by Gasteiger charge is 2.05. The molecule has 0 atom stereocenters. The number of aromatic nitrogens is 2. The minimum Gasteiger partial charge on any atom is -0.340 e. The van der Waals surface area contributed by atoms with E-state index in [1.165, 1.54) is 5.56 Å². The van der Waals surface area contributed by atoms with E-state index in [0.717, 1.165) is 41.2 Å². The van der Waals surface area contributed by atoms with E-state index in [1.807, 2.05) is 66.7 Å². The summed E-state index contributed by atoms with van der Waals surface area (Å²) in [6.45, 7) is 1.93. The predicted molar refractivity (Wildman–Crippen MR) is 115 cm³/mol. The van der Waals surface area contributed by atoms with E-state index in [4.69, 9.17) is 0 Å². The summed E-state index contributed by atoms with van der Waals surface area (Å²) >= 11 is 0. The number of hydrogen-bond donors (Lipinski definition) is 4. The molecule has 4 aromatic rings. The molecule has 0 unspecified atom stereocenters. The Morgan fingerprint density at radius 2 is 1.48 bits per heavy atom. The summed E-state index contributed by atoms with van der Waals surface area (Å²) in [7, 11) is 0. The Hall–Kier alpha value is -3.64. The van der Waals surface area contributed by atoms with Crippen molar-refractivity contribution in [3.8, 4) is 0 Å². The molecule has 4 rings (SSSR count). The van der Waals surface area contributed by atoms with E-state index >= 15 is 0 Å². The number of para-hydroxylation sites is 2. The van der Waals surface area contributed by atoms with E-state index in [1.54, 1.807) is 0 Å². The Labute approximate surface area is 169 Å². The number of aromatic amines is 1. The maximum atomic E-state index is 12.1. The molecule has 0 saturated carbocycles. The van der Waals surface area contributed by atoms with E-state index in [2.05, 4.69) is 38.1 Å². The molecule has 6 nitrogen and oxygen atoms in total. The molecule has 0 bridgehead atoms. The topological polar surface area (TPSA) is 81.8 Å². The first kappa shape index (κ1) is 18.7. The third-order valence-electron chi connectivity index (χ3n) is 4.57. The number of carbonyl (C=O) groups excluding carboxylic acids is 1. The standard InChI is InChI=1S/C23H23N5O/c29-23(25-16-22-27-20-8-4-5-9-21(20)28-22)26-19-12-10-18(11-13-19)15-24-14-17-6-2-1-3-7-17/h1-13,24H,14-16H2,(H,27,28)(H2,25,26,29). The molecule has 6 heteroatoms. The van der Waals surface area contributed by atoms with Crippen LogP contribution in [0.1, 0.15) is 17.0 Å². The van der Waals surface area contributed by atoms with Crippen LogP contribution in [-0.4, -0.2) is 16.0 Å². The molecule has 0 aliphatic heterocycles. The number of benzene rings is 3. The second-order valence-electron chi connectivity index (χ2n) is 6.79. The molecule has 0 saturated heterocycles. The molecule has 0 aliphatic carbocycles. The summed E-state index contributed by atoms with van der Waals surface area (Å²) in [6, 6.07) is 25.6. The summed E-state index contributed by atoms with van der Waals surface area (Å²) in [6.07, 6.45) is 0. The zero-order valence-corrected chi connectivity index (χ0v) is 16.0. The first-order valence-electron chi connectivity index (χ1n) is 9.58. The Bertz CT molecular complexity index is 1040. The van der Waals surface area contributed by atoms with Gasteiger partial charge in [-0.05, 0) is 35.4 Å². The van der Waals surface area contributed by atoms with Crippen molar-refractivity contribution in [3.05, 3.63) is 95.8 Å². The molecule has 0 fully saturated rings. The number of rotatable bonds is 7. The fraction of sp³-hybridized carbons (Fsp3) is 0.130. The van der Waals surface area contributed by atoms with Crippen LogP contribution in [0.3, 0.4) is 0 Å². The number of nitrogens with zero attached hydrogens (tertiary/aromatic N) is 1. The van der Waals surface area contributed by atoms with Crippen molar-refractivity contribution in [1.29, 1.82) is 0 Å². The monoisotopic (exact) mass is 385 g/mol. The van der Waals surface area contributed by atoms with Crippen LogP contribution in [-0.2, 0) is 19.6 Å². The molecule has 3 aromatic carbocycles. The third-order valence-corrected chi connectivity index (χ3v) is 4.57. The highest BCUT2D eigenvalue weighted by Crippen LogP contribution is 2.11. The van der Waals surface area contributed by atoms with Gasteiger partial charge in [-0.2, -0.15) is 0 Å².